The minimum atomic E-state index is -3.41. The second-order valence-corrected chi connectivity index (χ2v) is 8.95. The highest BCUT2D eigenvalue weighted by molar-refractivity contribution is 7.89. The molecule has 0 aliphatic heterocycles. The van der Waals surface area contributed by atoms with Crippen LogP contribution < -0.4 is 10.6 Å². The number of rotatable bonds is 8. The smallest absolute Gasteiger partial charge is 0.242 e. The van der Waals surface area contributed by atoms with Crippen LogP contribution in [0.15, 0.2) is 58.4 Å². The average Bonchev–Trinajstić information content (AvgIpc) is 2.67. The Morgan fingerprint density at radius 2 is 1.75 bits per heavy atom. The van der Waals surface area contributed by atoms with E-state index in [0.29, 0.717) is 19.0 Å². The molecule has 2 rings (SSSR count). The van der Waals surface area contributed by atoms with Gasteiger partial charge in [-0.2, -0.15) is 0 Å². The van der Waals surface area contributed by atoms with Gasteiger partial charge in [-0.3, -0.25) is 0 Å². The lowest BCUT2D eigenvalue weighted by molar-refractivity contribution is 0.520. The zero-order valence-electron chi connectivity index (χ0n) is 16.4. The number of halogens is 1. The van der Waals surface area contributed by atoms with Gasteiger partial charge in [0.25, 0.3) is 0 Å². The third kappa shape index (κ3) is 6.22. The van der Waals surface area contributed by atoms with Crippen LogP contribution in [0.5, 0.6) is 0 Å². The second-order valence-electron chi connectivity index (χ2n) is 6.39. The van der Waals surface area contributed by atoms with Crippen LogP contribution in [-0.4, -0.2) is 45.9 Å². The van der Waals surface area contributed by atoms with Gasteiger partial charge >= 0.3 is 0 Å². The van der Waals surface area contributed by atoms with E-state index in [4.69, 9.17) is 11.6 Å². The Morgan fingerprint density at radius 1 is 1.07 bits per heavy atom. The van der Waals surface area contributed by atoms with Gasteiger partial charge < -0.3 is 10.6 Å². The lowest BCUT2D eigenvalue weighted by atomic mass is 10.1. The number of hydrogen-bond donors (Lipinski definition) is 2. The van der Waals surface area contributed by atoms with Crippen LogP contribution in [0.3, 0.4) is 0 Å². The third-order valence-electron chi connectivity index (χ3n) is 4.11. The molecule has 2 aromatic rings. The van der Waals surface area contributed by atoms with Crippen molar-refractivity contribution in [1.82, 2.24) is 14.9 Å². The van der Waals surface area contributed by atoms with Gasteiger partial charge in [-0.1, -0.05) is 41.9 Å². The van der Waals surface area contributed by atoms with E-state index in [1.54, 1.807) is 24.3 Å². The van der Waals surface area contributed by atoms with Crippen molar-refractivity contribution < 1.29 is 8.42 Å². The molecule has 152 valence electrons. The van der Waals surface area contributed by atoms with Gasteiger partial charge in [-0.05, 0) is 42.7 Å². The molecule has 0 saturated heterocycles. The summed E-state index contributed by atoms with van der Waals surface area (Å²) in [7, 11) is -0.377. The van der Waals surface area contributed by atoms with Gasteiger partial charge in [0.1, 0.15) is 0 Å². The monoisotopic (exact) mass is 422 g/mol. The molecule has 0 amide bonds. The number of sulfonamides is 1. The Balaban J connectivity index is 1.97. The van der Waals surface area contributed by atoms with Crippen LogP contribution >= 0.6 is 11.6 Å². The van der Waals surface area contributed by atoms with Gasteiger partial charge in [0.15, 0.2) is 5.96 Å². The van der Waals surface area contributed by atoms with E-state index in [2.05, 4.69) is 15.6 Å². The molecule has 0 heterocycles. The van der Waals surface area contributed by atoms with Crippen LogP contribution in [-0.2, 0) is 23.0 Å². The predicted octanol–water partition coefficient (Wildman–Crippen LogP) is 2.89. The second kappa shape index (κ2) is 10.5. The van der Waals surface area contributed by atoms with Crippen molar-refractivity contribution in [2.45, 2.75) is 24.8 Å². The SMILES string of the molecule is CCNC(=NCc1ccc(S(=O)(=O)N(C)C)cc1)NCCc1ccccc1Cl. The molecule has 0 radical (unpaired) electrons. The first-order valence-corrected chi connectivity index (χ1v) is 10.9. The molecule has 0 unspecified atom stereocenters. The molecule has 0 bridgehead atoms. The summed E-state index contributed by atoms with van der Waals surface area (Å²) >= 11 is 6.19. The minimum absolute atomic E-state index is 0.273. The predicted molar refractivity (Wildman–Crippen MR) is 115 cm³/mol. The minimum Gasteiger partial charge on any atom is -0.357 e. The van der Waals surface area contributed by atoms with E-state index in [9.17, 15) is 8.42 Å². The molecule has 0 saturated carbocycles. The van der Waals surface area contributed by atoms with Crippen LogP contribution in [0.1, 0.15) is 18.1 Å². The zero-order chi connectivity index (χ0) is 20.6. The fourth-order valence-electron chi connectivity index (χ4n) is 2.51. The molecular formula is C20H27ClN4O2S. The number of benzene rings is 2. The summed E-state index contributed by atoms with van der Waals surface area (Å²) in [6, 6.07) is 14.6. The number of guanidine groups is 1. The van der Waals surface area contributed by atoms with E-state index in [1.165, 1.54) is 18.4 Å². The molecule has 2 aromatic carbocycles. The molecule has 6 nitrogen and oxygen atoms in total. The molecule has 0 aliphatic rings. The quantitative estimate of drug-likeness (QED) is 0.506. The average molecular weight is 423 g/mol. The van der Waals surface area contributed by atoms with Gasteiger partial charge in [-0.25, -0.2) is 17.7 Å². The lowest BCUT2D eigenvalue weighted by Gasteiger charge is -2.13. The summed E-state index contributed by atoms with van der Waals surface area (Å²) < 4.78 is 25.4. The largest absolute Gasteiger partial charge is 0.357 e. The van der Waals surface area contributed by atoms with Gasteiger partial charge in [0, 0.05) is 32.2 Å². The fraction of sp³-hybridized carbons (Fsp3) is 0.350. The van der Waals surface area contributed by atoms with Crippen LogP contribution in [0.25, 0.3) is 0 Å². The van der Waals surface area contributed by atoms with Crippen LogP contribution in [0, 0.1) is 0 Å². The Hall–Kier alpha value is -2.09. The molecule has 0 spiro atoms. The summed E-state index contributed by atoms with van der Waals surface area (Å²) in [5.41, 5.74) is 2.02. The maximum atomic E-state index is 12.1. The number of hydrogen-bond acceptors (Lipinski definition) is 3. The van der Waals surface area contributed by atoms with E-state index in [1.807, 2.05) is 31.2 Å². The zero-order valence-corrected chi connectivity index (χ0v) is 18.0. The van der Waals surface area contributed by atoms with E-state index in [0.717, 1.165) is 29.1 Å². The van der Waals surface area contributed by atoms with Gasteiger partial charge in [-0.15, -0.1) is 0 Å². The molecule has 2 N–H and O–H groups in total. The maximum Gasteiger partial charge on any atom is 0.242 e. The van der Waals surface area contributed by atoms with Crippen LogP contribution in [0.2, 0.25) is 5.02 Å². The van der Waals surface area contributed by atoms with Crippen LogP contribution in [0.4, 0.5) is 0 Å². The molecule has 0 atom stereocenters. The van der Waals surface area contributed by atoms with Crippen molar-refractivity contribution in [3.05, 3.63) is 64.7 Å². The van der Waals surface area contributed by atoms with Gasteiger partial charge in [0.05, 0.1) is 11.4 Å². The summed E-state index contributed by atoms with van der Waals surface area (Å²) in [6.45, 7) is 3.91. The number of aliphatic imine (C=N–C) groups is 1. The molecule has 0 aliphatic carbocycles. The van der Waals surface area contributed by atoms with Crippen molar-refractivity contribution in [3.63, 3.8) is 0 Å². The lowest BCUT2D eigenvalue weighted by Crippen LogP contribution is -2.38. The Kier molecular flexibility index (Phi) is 8.29. The highest BCUT2D eigenvalue weighted by Gasteiger charge is 2.16. The summed E-state index contributed by atoms with van der Waals surface area (Å²) in [6.07, 6.45) is 0.793. The first kappa shape index (κ1) is 22.2. The first-order chi connectivity index (χ1) is 13.3. The number of nitrogens with one attached hydrogen (secondary N) is 2. The van der Waals surface area contributed by atoms with E-state index in [-0.39, 0.29) is 4.90 Å². The van der Waals surface area contributed by atoms with E-state index >= 15 is 0 Å². The Labute approximate surface area is 172 Å². The van der Waals surface area contributed by atoms with Gasteiger partial charge in [0.2, 0.25) is 10.0 Å². The van der Waals surface area contributed by atoms with Crippen molar-refractivity contribution in [3.8, 4) is 0 Å². The molecular weight excluding hydrogens is 396 g/mol. The summed E-state index contributed by atoms with van der Waals surface area (Å²) in [5.74, 6) is 0.708. The summed E-state index contributed by atoms with van der Waals surface area (Å²) in [5, 5.41) is 7.27. The normalized spacial score (nSPS) is 12.2. The first-order valence-electron chi connectivity index (χ1n) is 9.11. The Bertz CT molecular complexity index is 897. The fourth-order valence-corrected chi connectivity index (χ4v) is 3.64. The van der Waals surface area contributed by atoms with Crippen molar-refractivity contribution in [1.29, 1.82) is 0 Å². The molecule has 0 aromatic heterocycles. The van der Waals surface area contributed by atoms with Crippen molar-refractivity contribution in [2.24, 2.45) is 4.99 Å². The van der Waals surface area contributed by atoms with Crippen molar-refractivity contribution in [2.75, 3.05) is 27.2 Å². The topological polar surface area (TPSA) is 73.8 Å². The summed E-state index contributed by atoms with van der Waals surface area (Å²) in [4.78, 5) is 4.84. The Morgan fingerprint density at radius 3 is 2.36 bits per heavy atom. The molecule has 0 fully saturated rings. The highest BCUT2D eigenvalue weighted by Crippen LogP contribution is 2.15. The maximum absolute atomic E-state index is 12.1. The molecule has 28 heavy (non-hydrogen) atoms. The number of nitrogens with zero attached hydrogens (tertiary/aromatic N) is 2. The molecule has 8 heteroatoms. The van der Waals surface area contributed by atoms with E-state index < -0.39 is 10.0 Å². The van der Waals surface area contributed by atoms with Crippen molar-refractivity contribution >= 4 is 27.6 Å². The highest BCUT2D eigenvalue weighted by atomic mass is 35.5. The standard InChI is InChI=1S/C20H27ClN4O2S/c1-4-22-20(23-14-13-17-7-5-6-8-19(17)21)24-15-16-9-11-18(12-10-16)28(26,27)25(2)3/h5-12H,4,13-15H2,1-3H3,(H2,22,23,24). The third-order valence-corrected chi connectivity index (χ3v) is 6.31.